The summed E-state index contributed by atoms with van der Waals surface area (Å²) in [6.07, 6.45) is 3.77. The van der Waals surface area contributed by atoms with E-state index >= 15 is 0 Å². The third kappa shape index (κ3) is 3.30. The number of hydrogen-bond donors (Lipinski definition) is 0. The van der Waals surface area contributed by atoms with Crippen LogP contribution in [0.3, 0.4) is 0 Å². The zero-order chi connectivity index (χ0) is 15.5. The molecule has 0 N–H and O–H groups in total. The average molecular weight is 312 g/mol. The standard InChI is InChI=1S/C18H20N2O3/c1-2-15(11-19-5-1)18-13-20(6-7-21-18)12-14-3-4-16-17(10-14)23-9-8-22-16/h1-5,10-11,18H,6-9,12-13H2/t18-/m0/s1. The van der Waals surface area contributed by atoms with Crippen LogP contribution in [0, 0.1) is 0 Å². The quantitative estimate of drug-likeness (QED) is 0.871. The van der Waals surface area contributed by atoms with Crippen LogP contribution in [0.25, 0.3) is 0 Å². The molecule has 5 heteroatoms. The average Bonchev–Trinajstić information content (AvgIpc) is 2.63. The van der Waals surface area contributed by atoms with Gasteiger partial charge in [0.1, 0.15) is 13.2 Å². The summed E-state index contributed by atoms with van der Waals surface area (Å²) < 4.78 is 17.1. The van der Waals surface area contributed by atoms with Gasteiger partial charge in [0.2, 0.25) is 0 Å². The normalized spacial score (nSPS) is 21.1. The molecule has 0 spiro atoms. The second-order valence-electron chi connectivity index (χ2n) is 5.86. The van der Waals surface area contributed by atoms with E-state index in [2.05, 4.69) is 28.1 Å². The van der Waals surface area contributed by atoms with Gasteiger partial charge in [0.25, 0.3) is 0 Å². The van der Waals surface area contributed by atoms with Crippen molar-refractivity contribution in [2.45, 2.75) is 12.6 Å². The van der Waals surface area contributed by atoms with Gasteiger partial charge in [0, 0.05) is 37.6 Å². The van der Waals surface area contributed by atoms with E-state index < -0.39 is 0 Å². The maximum absolute atomic E-state index is 5.90. The van der Waals surface area contributed by atoms with E-state index in [1.54, 1.807) is 6.20 Å². The van der Waals surface area contributed by atoms with Gasteiger partial charge < -0.3 is 14.2 Å². The molecular formula is C18H20N2O3. The van der Waals surface area contributed by atoms with Crippen molar-refractivity contribution >= 4 is 0 Å². The molecule has 2 aromatic rings. The van der Waals surface area contributed by atoms with Crippen LogP contribution in [0.1, 0.15) is 17.2 Å². The molecule has 4 rings (SSSR count). The Balaban J connectivity index is 1.44. The van der Waals surface area contributed by atoms with Gasteiger partial charge in [-0.2, -0.15) is 0 Å². The van der Waals surface area contributed by atoms with Crippen molar-refractivity contribution in [2.75, 3.05) is 32.9 Å². The zero-order valence-corrected chi connectivity index (χ0v) is 13.0. The highest BCUT2D eigenvalue weighted by Crippen LogP contribution is 2.31. The Labute approximate surface area is 135 Å². The predicted molar refractivity (Wildman–Crippen MR) is 85.6 cm³/mol. The lowest BCUT2D eigenvalue weighted by Gasteiger charge is -2.33. The fourth-order valence-corrected chi connectivity index (χ4v) is 3.06. The Hall–Kier alpha value is -2.11. The molecule has 1 saturated heterocycles. The topological polar surface area (TPSA) is 43.8 Å². The molecule has 1 atom stereocenters. The van der Waals surface area contributed by atoms with Crippen LogP contribution in [-0.2, 0) is 11.3 Å². The first-order valence-corrected chi connectivity index (χ1v) is 8.01. The van der Waals surface area contributed by atoms with Gasteiger partial charge in [-0.15, -0.1) is 0 Å². The third-order valence-corrected chi connectivity index (χ3v) is 4.22. The van der Waals surface area contributed by atoms with Crippen LogP contribution in [0.2, 0.25) is 0 Å². The molecule has 1 fully saturated rings. The van der Waals surface area contributed by atoms with Crippen molar-refractivity contribution in [3.8, 4) is 11.5 Å². The highest BCUT2D eigenvalue weighted by molar-refractivity contribution is 5.43. The monoisotopic (exact) mass is 312 g/mol. The molecule has 0 bridgehead atoms. The first kappa shape index (κ1) is 14.5. The molecule has 1 aromatic heterocycles. The summed E-state index contributed by atoms with van der Waals surface area (Å²) >= 11 is 0. The molecule has 1 aromatic carbocycles. The number of pyridine rings is 1. The zero-order valence-electron chi connectivity index (χ0n) is 13.0. The molecule has 0 radical (unpaired) electrons. The Morgan fingerprint density at radius 2 is 2.00 bits per heavy atom. The molecule has 3 heterocycles. The van der Waals surface area contributed by atoms with E-state index in [1.807, 2.05) is 18.3 Å². The Kier molecular flexibility index (Phi) is 4.13. The predicted octanol–water partition coefficient (Wildman–Crippen LogP) is 2.43. The summed E-state index contributed by atoms with van der Waals surface area (Å²) in [6, 6.07) is 10.2. The maximum Gasteiger partial charge on any atom is 0.161 e. The molecule has 2 aliphatic heterocycles. The number of ether oxygens (including phenoxy) is 3. The fraction of sp³-hybridized carbons (Fsp3) is 0.389. The lowest BCUT2D eigenvalue weighted by molar-refractivity contribution is -0.0331. The highest BCUT2D eigenvalue weighted by Gasteiger charge is 2.22. The number of hydrogen-bond acceptors (Lipinski definition) is 5. The van der Waals surface area contributed by atoms with Gasteiger partial charge in [-0.1, -0.05) is 12.1 Å². The minimum Gasteiger partial charge on any atom is -0.486 e. The smallest absolute Gasteiger partial charge is 0.161 e. The number of benzene rings is 1. The highest BCUT2D eigenvalue weighted by atomic mass is 16.6. The Bertz CT molecular complexity index is 663. The molecule has 0 aliphatic carbocycles. The van der Waals surface area contributed by atoms with Crippen molar-refractivity contribution in [1.82, 2.24) is 9.88 Å². The minimum atomic E-state index is 0.0923. The largest absolute Gasteiger partial charge is 0.486 e. The van der Waals surface area contributed by atoms with E-state index in [0.717, 1.165) is 43.3 Å². The summed E-state index contributed by atoms with van der Waals surface area (Å²) in [5, 5.41) is 0. The Morgan fingerprint density at radius 1 is 1.09 bits per heavy atom. The number of fused-ring (bicyclic) bond motifs is 1. The summed E-state index contributed by atoms with van der Waals surface area (Å²) in [4.78, 5) is 6.60. The number of rotatable bonds is 3. The van der Waals surface area contributed by atoms with Crippen molar-refractivity contribution in [3.63, 3.8) is 0 Å². The van der Waals surface area contributed by atoms with Crippen molar-refractivity contribution in [3.05, 3.63) is 53.9 Å². The van der Waals surface area contributed by atoms with Crippen LogP contribution >= 0.6 is 0 Å². The van der Waals surface area contributed by atoms with Gasteiger partial charge in [-0.3, -0.25) is 9.88 Å². The van der Waals surface area contributed by atoms with Crippen LogP contribution in [0.4, 0.5) is 0 Å². The molecule has 0 saturated carbocycles. The van der Waals surface area contributed by atoms with Crippen molar-refractivity contribution in [2.24, 2.45) is 0 Å². The molecule has 2 aliphatic rings. The van der Waals surface area contributed by atoms with Crippen LogP contribution < -0.4 is 9.47 Å². The van der Waals surface area contributed by atoms with E-state index in [9.17, 15) is 0 Å². The van der Waals surface area contributed by atoms with Crippen LogP contribution in [0.15, 0.2) is 42.7 Å². The van der Waals surface area contributed by atoms with Gasteiger partial charge in [-0.05, 0) is 23.8 Å². The lowest BCUT2D eigenvalue weighted by Crippen LogP contribution is -2.37. The fourth-order valence-electron chi connectivity index (χ4n) is 3.06. The third-order valence-electron chi connectivity index (χ3n) is 4.22. The van der Waals surface area contributed by atoms with Gasteiger partial charge in [-0.25, -0.2) is 0 Å². The Morgan fingerprint density at radius 3 is 2.87 bits per heavy atom. The minimum absolute atomic E-state index is 0.0923. The number of morpholine rings is 1. The van der Waals surface area contributed by atoms with Crippen molar-refractivity contribution in [1.29, 1.82) is 0 Å². The summed E-state index contributed by atoms with van der Waals surface area (Å²) in [6.45, 7) is 4.69. The van der Waals surface area contributed by atoms with Crippen LogP contribution in [-0.4, -0.2) is 42.8 Å². The lowest BCUT2D eigenvalue weighted by atomic mass is 10.1. The van der Waals surface area contributed by atoms with E-state index in [-0.39, 0.29) is 6.10 Å². The number of nitrogens with zero attached hydrogens (tertiary/aromatic N) is 2. The van der Waals surface area contributed by atoms with Gasteiger partial charge >= 0.3 is 0 Å². The molecule has 23 heavy (non-hydrogen) atoms. The van der Waals surface area contributed by atoms with E-state index in [1.165, 1.54) is 5.56 Å². The second kappa shape index (κ2) is 6.56. The molecule has 0 unspecified atom stereocenters. The molecular weight excluding hydrogens is 292 g/mol. The summed E-state index contributed by atoms with van der Waals surface area (Å²) in [7, 11) is 0. The van der Waals surface area contributed by atoms with Gasteiger partial charge in [0.05, 0.1) is 12.7 Å². The van der Waals surface area contributed by atoms with E-state index in [0.29, 0.717) is 13.2 Å². The maximum atomic E-state index is 5.90. The van der Waals surface area contributed by atoms with Crippen LogP contribution in [0.5, 0.6) is 11.5 Å². The van der Waals surface area contributed by atoms with E-state index in [4.69, 9.17) is 14.2 Å². The SMILES string of the molecule is c1cncc([C@@H]2CN(Cc3ccc4c(c3)OCCO4)CCO2)c1. The van der Waals surface area contributed by atoms with Gasteiger partial charge in [0.15, 0.2) is 11.5 Å². The summed E-state index contributed by atoms with van der Waals surface area (Å²) in [5.74, 6) is 1.70. The second-order valence-corrected chi connectivity index (χ2v) is 5.86. The molecule has 5 nitrogen and oxygen atoms in total. The summed E-state index contributed by atoms with van der Waals surface area (Å²) in [5.41, 5.74) is 2.38. The number of aromatic nitrogens is 1. The van der Waals surface area contributed by atoms with Crippen molar-refractivity contribution < 1.29 is 14.2 Å². The first-order chi connectivity index (χ1) is 11.4. The molecule has 0 amide bonds. The molecule has 120 valence electrons. The first-order valence-electron chi connectivity index (χ1n) is 8.01.